The molecule has 1 amide bonds. The molecule has 0 aromatic heterocycles. The van der Waals surface area contributed by atoms with Gasteiger partial charge in [0.2, 0.25) is 10.0 Å². The number of anilines is 1. The predicted octanol–water partition coefficient (Wildman–Crippen LogP) is 4.59. The number of rotatable bonds is 3. The van der Waals surface area contributed by atoms with Crippen LogP contribution in [0.25, 0.3) is 0 Å². The van der Waals surface area contributed by atoms with E-state index in [1.54, 1.807) is 44.2 Å². The van der Waals surface area contributed by atoms with Gasteiger partial charge in [0.05, 0.1) is 30.4 Å². The summed E-state index contributed by atoms with van der Waals surface area (Å²) < 4.78 is 64.7. The minimum Gasteiger partial charge on any atom is -0.490 e. The third-order valence-electron chi connectivity index (χ3n) is 10.8. The summed E-state index contributed by atoms with van der Waals surface area (Å²) >= 11 is 6.40. The lowest BCUT2D eigenvalue weighted by atomic mass is 9.64. The summed E-state index contributed by atoms with van der Waals surface area (Å²) in [6.45, 7) is 4.32. The number of hydrogen-bond acceptors (Lipinski definition) is 9. The quantitative estimate of drug-likeness (QED) is 0.347. The Morgan fingerprint density at radius 3 is 2.68 bits per heavy atom. The van der Waals surface area contributed by atoms with E-state index in [-0.39, 0.29) is 29.2 Å². The van der Waals surface area contributed by atoms with Gasteiger partial charge in [-0.05, 0) is 105 Å². The van der Waals surface area contributed by atoms with E-state index in [4.69, 9.17) is 20.5 Å². The minimum atomic E-state index is -4.06. The lowest BCUT2D eigenvalue weighted by Gasteiger charge is -2.49. The molecule has 10 nitrogen and oxygen atoms in total. The number of allylic oxidation sites excluding steroid dienone is 1. The first-order valence-electron chi connectivity index (χ1n) is 16.2. The van der Waals surface area contributed by atoms with Crippen LogP contribution >= 0.6 is 11.6 Å². The van der Waals surface area contributed by atoms with E-state index < -0.39 is 49.4 Å². The molecule has 6 atom stereocenters. The number of hydrogen-bond donors (Lipinski definition) is 2. The van der Waals surface area contributed by atoms with E-state index in [2.05, 4.69) is 15.7 Å². The molecular weight excluding hydrogens is 664 g/mol. The summed E-state index contributed by atoms with van der Waals surface area (Å²) in [5, 5.41) is 11.8. The summed E-state index contributed by atoms with van der Waals surface area (Å²) in [5.74, 6) is -0.901. The summed E-state index contributed by atoms with van der Waals surface area (Å²) in [6, 6.07) is 11.0. The molecule has 2 aliphatic carbocycles. The number of nitrogens with one attached hydrogen (secondary N) is 1. The van der Waals surface area contributed by atoms with Gasteiger partial charge >= 0.3 is 0 Å². The third-order valence-corrected chi connectivity index (χ3v) is 13.5. The van der Waals surface area contributed by atoms with E-state index in [1.807, 2.05) is 12.1 Å². The molecule has 2 heterocycles. The number of carbonyl (C=O) groups excluding carboxylic acids is 1. The van der Waals surface area contributed by atoms with E-state index in [1.165, 1.54) is 11.1 Å². The average Bonchev–Trinajstić information content (AvgIpc) is 3.13. The Hall–Kier alpha value is -2.64. The molecule has 2 N–H and O–H groups in total. The van der Waals surface area contributed by atoms with Crippen LogP contribution in [-0.2, 0) is 36.2 Å². The van der Waals surface area contributed by atoms with E-state index in [9.17, 15) is 26.7 Å². The Morgan fingerprint density at radius 1 is 1.17 bits per heavy atom. The molecule has 0 saturated heterocycles. The highest BCUT2D eigenvalue weighted by Crippen LogP contribution is 2.48. The number of halogens is 1. The Bertz CT molecular complexity index is 1800. The highest BCUT2D eigenvalue weighted by atomic mass is 35.5. The Labute approximate surface area is 282 Å². The van der Waals surface area contributed by atoms with Crippen LogP contribution in [0.15, 0.2) is 48.6 Å². The van der Waals surface area contributed by atoms with E-state index in [0.717, 1.165) is 31.9 Å². The van der Waals surface area contributed by atoms with Gasteiger partial charge in [-0.3, -0.25) is 8.98 Å². The topological polar surface area (TPSA) is 139 Å². The molecule has 1 fully saturated rings. The first kappa shape index (κ1) is 34.2. The van der Waals surface area contributed by atoms with Gasteiger partial charge in [0, 0.05) is 29.1 Å². The molecule has 1 saturated carbocycles. The number of ether oxygens (including phenoxy) is 1. The second-order valence-electron chi connectivity index (χ2n) is 14.0. The zero-order valence-corrected chi connectivity index (χ0v) is 29.3. The summed E-state index contributed by atoms with van der Waals surface area (Å²) in [5.41, 5.74) is 1.23. The number of benzene rings is 2. The molecule has 4 aliphatic rings. The second kappa shape index (κ2) is 12.7. The first-order valence-corrected chi connectivity index (χ1v) is 19.9. The molecule has 2 bridgehead atoms. The van der Waals surface area contributed by atoms with Crippen LogP contribution in [0.2, 0.25) is 5.02 Å². The fourth-order valence-electron chi connectivity index (χ4n) is 7.73. The molecule has 13 heteroatoms. The lowest BCUT2D eigenvalue weighted by molar-refractivity contribution is -0.0697. The zero-order chi connectivity index (χ0) is 33.8. The van der Waals surface area contributed by atoms with Crippen molar-refractivity contribution in [3.05, 3.63) is 70.3 Å². The van der Waals surface area contributed by atoms with Gasteiger partial charge in [-0.15, -0.1) is 0 Å². The first-order chi connectivity index (χ1) is 22.1. The van der Waals surface area contributed by atoms with Gasteiger partial charge in [0.25, 0.3) is 16.0 Å². The highest BCUT2D eigenvalue weighted by molar-refractivity contribution is 7.90. The standard InChI is InChI=1S/C34H43ClN2O8S2/c1-22-6-4-15-34(39,21-45-46(3,40)41)29-11-8-26(29)18-37-19-33(14-5-7-24-16-27(35)10-12-28(24)33)20-44-31-13-9-25(17-30(31)37)32(38)36-47(42,43)23(22)2/h4,9-10,12-13,15-17,22-23,26,29,39H,5-8,11,14,18-21H2,1-3H3,(H,36,38)/b15-4+/t22-,23+,26-,29+,33-,34?/m0/s1. The molecule has 6 rings (SSSR count). The van der Waals surface area contributed by atoms with Crippen molar-refractivity contribution in [2.75, 3.05) is 37.5 Å². The van der Waals surface area contributed by atoms with Crippen molar-refractivity contribution in [1.29, 1.82) is 0 Å². The number of fused-ring (bicyclic) bond motifs is 4. The molecule has 2 aliphatic heterocycles. The van der Waals surface area contributed by atoms with Gasteiger partial charge < -0.3 is 14.7 Å². The van der Waals surface area contributed by atoms with Crippen LogP contribution in [0.1, 0.15) is 67.4 Å². The zero-order valence-electron chi connectivity index (χ0n) is 26.9. The smallest absolute Gasteiger partial charge is 0.264 e. The summed E-state index contributed by atoms with van der Waals surface area (Å²) in [7, 11) is -7.90. The molecule has 0 radical (unpaired) electrons. The van der Waals surface area contributed by atoms with Gasteiger partial charge in [0.15, 0.2) is 0 Å². The molecule has 2 aromatic carbocycles. The number of carbonyl (C=O) groups is 1. The van der Waals surface area contributed by atoms with Gasteiger partial charge in [-0.2, -0.15) is 8.42 Å². The van der Waals surface area contributed by atoms with Crippen LogP contribution in [0.3, 0.4) is 0 Å². The predicted molar refractivity (Wildman–Crippen MR) is 181 cm³/mol. The summed E-state index contributed by atoms with van der Waals surface area (Å²) in [6.07, 6.45) is 8.70. The fourth-order valence-corrected chi connectivity index (χ4v) is 9.61. The van der Waals surface area contributed by atoms with Gasteiger partial charge in [-0.25, -0.2) is 13.1 Å². The maximum absolute atomic E-state index is 13.4. The number of aryl methyl sites for hydroxylation is 1. The van der Waals surface area contributed by atoms with Gasteiger partial charge in [-0.1, -0.05) is 36.7 Å². The minimum absolute atomic E-state index is 0.0359. The van der Waals surface area contributed by atoms with E-state index in [0.29, 0.717) is 42.6 Å². The number of sulfonamides is 1. The van der Waals surface area contributed by atoms with Crippen LogP contribution in [0, 0.1) is 17.8 Å². The third kappa shape index (κ3) is 6.94. The monoisotopic (exact) mass is 706 g/mol. The van der Waals surface area contributed by atoms with Crippen LogP contribution < -0.4 is 14.4 Å². The van der Waals surface area contributed by atoms with Crippen LogP contribution in [0.5, 0.6) is 5.75 Å². The molecule has 47 heavy (non-hydrogen) atoms. The van der Waals surface area contributed by atoms with Crippen molar-refractivity contribution in [2.24, 2.45) is 17.8 Å². The van der Waals surface area contributed by atoms with Crippen LogP contribution in [0.4, 0.5) is 5.69 Å². The van der Waals surface area contributed by atoms with E-state index >= 15 is 0 Å². The molecule has 256 valence electrons. The second-order valence-corrected chi connectivity index (χ2v) is 18.1. The largest absolute Gasteiger partial charge is 0.490 e. The highest BCUT2D eigenvalue weighted by Gasteiger charge is 2.48. The van der Waals surface area contributed by atoms with Crippen molar-refractivity contribution in [1.82, 2.24) is 4.72 Å². The Balaban J connectivity index is 1.45. The van der Waals surface area contributed by atoms with Crippen LogP contribution in [-0.4, -0.2) is 71.3 Å². The average molecular weight is 707 g/mol. The van der Waals surface area contributed by atoms with Crippen molar-refractivity contribution in [3.8, 4) is 5.75 Å². The lowest BCUT2D eigenvalue weighted by Crippen LogP contribution is -2.54. The SMILES string of the molecule is C[C@@H]1[C@@H](C)C/C=C/C(O)(COS(C)(=O)=O)[C@@H]2CC[C@H]2CN2C[C@@]3(CCCc4cc(Cl)ccc43)COc3ccc(cc32)C(=O)NS1(=O)=O. The maximum Gasteiger partial charge on any atom is 0.264 e. The number of aliphatic hydroxyl groups is 1. The molecular formula is C34H43ClN2O8S2. The molecule has 1 unspecified atom stereocenters. The van der Waals surface area contributed by atoms with Crippen molar-refractivity contribution < 1.29 is 35.7 Å². The Morgan fingerprint density at radius 2 is 1.96 bits per heavy atom. The van der Waals surface area contributed by atoms with Crippen molar-refractivity contribution in [2.45, 2.75) is 68.6 Å². The number of nitrogens with zero attached hydrogens (tertiary/aromatic N) is 1. The number of amides is 1. The fraction of sp³-hybridized carbons (Fsp3) is 0.559. The van der Waals surface area contributed by atoms with Crippen molar-refractivity contribution in [3.63, 3.8) is 0 Å². The molecule has 2 aromatic rings. The van der Waals surface area contributed by atoms with Crippen molar-refractivity contribution >= 4 is 43.3 Å². The molecule has 1 spiro atoms. The maximum atomic E-state index is 13.4. The summed E-state index contributed by atoms with van der Waals surface area (Å²) in [4.78, 5) is 15.6. The van der Waals surface area contributed by atoms with Gasteiger partial charge in [0.1, 0.15) is 11.4 Å². The normalized spacial score (nSPS) is 33.0. The Kier molecular flexibility index (Phi) is 9.23.